The Hall–Kier alpha value is -2.11. The van der Waals surface area contributed by atoms with E-state index in [4.69, 9.17) is 0 Å². The Balaban J connectivity index is 2.07. The van der Waals surface area contributed by atoms with E-state index < -0.39 is 0 Å². The van der Waals surface area contributed by atoms with E-state index in [9.17, 15) is 9.18 Å². The zero-order valence-corrected chi connectivity index (χ0v) is 14.6. The molecule has 134 valence electrons. The van der Waals surface area contributed by atoms with Crippen LogP contribution in [0.5, 0.6) is 0 Å². The molecule has 0 aliphatic carbocycles. The van der Waals surface area contributed by atoms with Crippen LogP contribution in [0.15, 0.2) is 29.3 Å². The van der Waals surface area contributed by atoms with E-state index in [0.717, 1.165) is 50.2 Å². The van der Waals surface area contributed by atoms with Crippen molar-refractivity contribution in [3.05, 3.63) is 35.6 Å². The molecule has 0 aliphatic heterocycles. The number of aliphatic imine (C=N–C) groups is 1. The van der Waals surface area contributed by atoms with Gasteiger partial charge >= 0.3 is 5.97 Å². The van der Waals surface area contributed by atoms with E-state index in [1.807, 2.05) is 6.07 Å². The Kier molecular flexibility index (Phi) is 10.2. The number of carbonyl (C=O) groups excluding carboxylic acids is 1. The highest BCUT2D eigenvalue weighted by Gasteiger charge is 2.01. The third-order valence-electron chi connectivity index (χ3n) is 3.65. The van der Waals surface area contributed by atoms with Crippen molar-refractivity contribution in [1.29, 1.82) is 0 Å². The molecule has 0 aromatic heterocycles. The number of halogens is 1. The van der Waals surface area contributed by atoms with Crippen molar-refractivity contribution in [3.8, 4) is 0 Å². The van der Waals surface area contributed by atoms with Gasteiger partial charge in [-0.3, -0.25) is 9.79 Å². The van der Waals surface area contributed by atoms with E-state index in [1.54, 1.807) is 19.2 Å². The third kappa shape index (κ3) is 9.12. The molecule has 0 saturated heterocycles. The van der Waals surface area contributed by atoms with Gasteiger partial charge in [0.05, 0.1) is 7.11 Å². The fourth-order valence-electron chi connectivity index (χ4n) is 2.30. The maximum atomic E-state index is 13.1. The Bertz CT molecular complexity index is 521. The second-order valence-electron chi connectivity index (χ2n) is 5.55. The number of benzene rings is 1. The van der Waals surface area contributed by atoms with Gasteiger partial charge in [-0.05, 0) is 37.0 Å². The van der Waals surface area contributed by atoms with Crippen LogP contribution in [-0.2, 0) is 16.0 Å². The first kappa shape index (κ1) is 19.9. The van der Waals surface area contributed by atoms with Crippen molar-refractivity contribution in [2.75, 3.05) is 27.2 Å². The molecule has 0 spiro atoms. The van der Waals surface area contributed by atoms with E-state index in [1.165, 1.54) is 13.2 Å². The summed E-state index contributed by atoms with van der Waals surface area (Å²) in [6.45, 7) is 1.53. The summed E-state index contributed by atoms with van der Waals surface area (Å²) >= 11 is 0. The van der Waals surface area contributed by atoms with Crippen LogP contribution >= 0.6 is 0 Å². The van der Waals surface area contributed by atoms with Crippen LogP contribution in [0.25, 0.3) is 0 Å². The average molecular weight is 337 g/mol. The molecule has 5 nitrogen and oxygen atoms in total. The number of nitrogens with one attached hydrogen (secondary N) is 2. The third-order valence-corrected chi connectivity index (χ3v) is 3.65. The molecule has 0 radical (unpaired) electrons. The van der Waals surface area contributed by atoms with Crippen molar-refractivity contribution in [1.82, 2.24) is 10.6 Å². The van der Waals surface area contributed by atoms with Crippen LogP contribution < -0.4 is 10.6 Å². The minimum absolute atomic E-state index is 0.143. The second-order valence-corrected chi connectivity index (χ2v) is 5.55. The summed E-state index contributed by atoms with van der Waals surface area (Å²) in [4.78, 5) is 15.1. The maximum absolute atomic E-state index is 13.1. The van der Waals surface area contributed by atoms with E-state index >= 15 is 0 Å². The Morgan fingerprint density at radius 1 is 1.17 bits per heavy atom. The molecule has 1 rings (SSSR count). The number of unbranched alkanes of at least 4 members (excludes halogenated alkanes) is 3. The van der Waals surface area contributed by atoms with E-state index in [0.29, 0.717) is 13.0 Å². The molecule has 0 saturated carbocycles. The number of ether oxygens (including phenoxy) is 1. The first-order valence-corrected chi connectivity index (χ1v) is 8.41. The van der Waals surface area contributed by atoms with Crippen molar-refractivity contribution in [3.63, 3.8) is 0 Å². The smallest absolute Gasteiger partial charge is 0.305 e. The molecule has 0 amide bonds. The standard InChI is InChI=1S/C18H28FN3O2/c1-20-18(21-12-6-4-3-5-10-17(23)24-2)22-13-11-15-8-7-9-16(19)14-15/h7-9,14H,3-6,10-13H2,1-2H3,(H2,20,21,22). The van der Waals surface area contributed by atoms with Gasteiger partial charge in [0.2, 0.25) is 0 Å². The lowest BCUT2D eigenvalue weighted by Crippen LogP contribution is -2.38. The molecule has 6 heteroatoms. The van der Waals surface area contributed by atoms with Crippen molar-refractivity contribution in [2.24, 2.45) is 4.99 Å². The fourth-order valence-corrected chi connectivity index (χ4v) is 2.30. The first-order chi connectivity index (χ1) is 11.7. The maximum Gasteiger partial charge on any atom is 0.305 e. The van der Waals surface area contributed by atoms with E-state index in [2.05, 4.69) is 20.4 Å². The Morgan fingerprint density at radius 2 is 1.92 bits per heavy atom. The summed E-state index contributed by atoms with van der Waals surface area (Å²) in [5.74, 6) is 0.402. The minimum Gasteiger partial charge on any atom is -0.469 e. The van der Waals surface area contributed by atoms with Gasteiger partial charge in [-0.1, -0.05) is 25.0 Å². The summed E-state index contributed by atoms with van der Waals surface area (Å²) < 4.78 is 17.7. The summed E-state index contributed by atoms with van der Waals surface area (Å²) in [7, 11) is 3.15. The van der Waals surface area contributed by atoms with Crippen molar-refractivity contribution >= 4 is 11.9 Å². The topological polar surface area (TPSA) is 62.7 Å². The quantitative estimate of drug-likeness (QED) is 0.298. The predicted octanol–water partition coefficient (Wildman–Crippen LogP) is 2.66. The summed E-state index contributed by atoms with van der Waals surface area (Å²) in [5, 5.41) is 6.47. The van der Waals surface area contributed by atoms with Gasteiger partial charge in [-0.25, -0.2) is 4.39 Å². The van der Waals surface area contributed by atoms with Crippen LogP contribution in [0.2, 0.25) is 0 Å². The number of guanidine groups is 1. The first-order valence-electron chi connectivity index (χ1n) is 8.41. The van der Waals surface area contributed by atoms with Crippen LogP contribution in [0.3, 0.4) is 0 Å². The molecule has 0 heterocycles. The van der Waals surface area contributed by atoms with Gasteiger partial charge < -0.3 is 15.4 Å². The van der Waals surface area contributed by atoms with Gasteiger partial charge in [-0.2, -0.15) is 0 Å². The number of esters is 1. The van der Waals surface area contributed by atoms with Crippen LogP contribution in [-0.4, -0.2) is 39.2 Å². The normalized spacial score (nSPS) is 11.2. The minimum atomic E-state index is -0.206. The molecule has 0 unspecified atom stereocenters. The highest BCUT2D eigenvalue weighted by molar-refractivity contribution is 5.79. The van der Waals surface area contributed by atoms with Gasteiger partial charge in [-0.15, -0.1) is 0 Å². The summed E-state index contributed by atoms with van der Waals surface area (Å²) in [6, 6.07) is 6.63. The van der Waals surface area contributed by atoms with Gasteiger partial charge in [0.15, 0.2) is 5.96 Å². The summed E-state index contributed by atoms with van der Waals surface area (Å²) in [5.41, 5.74) is 0.962. The van der Waals surface area contributed by atoms with Crippen LogP contribution in [0, 0.1) is 5.82 Å². The lowest BCUT2D eigenvalue weighted by Gasteiger charge is -2.11. The van der Waals surface area contributed by atoms with Crippen LogP contribution in [0.1, 0.15) is 37.7 Å². The number of nitrogens with zero attached hydrogens (tertiary/aromatic N) is 1. The van der Waals surface area contributed by atoms with Gasteiger partial charge in [0.25, 0.3) is 0 Å². The van der Waals surface area contributed by atoms with Crippen molar-refractivity contribution < 1.29 is 13.9 Å². The molecule has 1 aromatic carbocycles. The van der Waals surface area contributed by atoms with E-state index in [-0.39, 0.29) is 11.8 Å². The number of methoxy groups -OCH3 is 1. The molecule has 24 heavy (non-hydrogen) atoms. The zero-order valence-electron chi connectivity index (χ0n) is 14.6. The monoisotopic (exact) mass is 337 g/mol. The number of hydrogen-bond donors (Lipinski definition) is 2. The largest absolute Gasteiger partial charge is 0.469 e. The fraction of sp³-hybridized carbons (Fsp3) is 0.556. The number of carbonyl (C=O) groups is 1. The molecular formula is C18H28FN3O2. The number of hydrogen-bond acceptors (Lipinski definition) is 3. The SMILES string of the molecule is CN=C(NCCCCCCC(=O)OC)NCCc1cccc(F)c1. The lowest BCUT2D eigenvalue weighted by atomic mass is 10.1. The van der Waals surface area contributed by atoms with Crippen LogP contribution in [0.4, 0.5) is 4.39 Å². The molecule has 0 atom stereocenters. The Morgan fingerprint density at radius 3 is 2.62 bits per heavy atom. The van der Waals surface area contributed by atoms with Gasteiger partial charge in [0.1, 0.15) is 5.82 Å². The molecule has 2 N–H and O–H groups in total. The highest BCUT2D eigenvalue weighted by atomic mass is 19.1. The predicted molar refractivity (Wildman–Crippen MR) is 94.6 cm³/mol. The zero-order chi connectivity index (χ0) is 17.6. The van der Waals surface area contributed by atoms with Gasteiger partial charge in [0, 0.05) is 26.6 Å². The molecule has 0 bridgehead atoms. The second kappa shape index (κ2) is 12.3. The molecule has 0 fully saturated rings. The highest BCUT2D eigenvalue weighted by Crippen LogP contribution is 2.04. The number of rotatable bonds is 10. The lowest BCUT2D eigenvalue weighted by molar-refractivity contribution is -0.140. The molecular weight excluding hydrogens is 309 g/mol. The molecule has 0 aliphatic rings. The average Bonchev–Trinajstić information content (AvgIpc) is 2.59. The van der Waals surface area contributed by atoms with Crippen molar-refractivity contribution in [2.45, 2.75) is 38.5 Å². The molecule has 1 aromatic rings. The summed E-state index contributed by atoms with van der Waals surface area (Å²) in [6.07, 6.45) is 5.20. The Labute approximate surface area is 143 Å².